The second kappa shape index (κ2) is 12.2. The maximum absolute atomic E-state index is 5.70. The standard InChI is InChI=1S/C53H32N4/c1-2-16-34(17-3-1)50-55-51(57-52(56-50)38-30-29-33-15-4-5-18-35(33)31-38)37-20-14-19-36(32-37)48-42-24-7-6-23-41(42)47-49(54-48)43-25-10-13-28-46(43)53(47)44-26-11-8-21-39(44)40-22-9-12-27-45(40)53/h1-32H. The molecule has 264 valence electrons. The van der Waals surface area contributed by atoms with Gasteiger partial charge in [-0.2, -0.15) is 0 Å². The molecule has 0 saturated carbocycles. The van der Waals surface area contributed by atoms with Gasteiger partial charge in [0.15, 0.2) is 17.5 Å². The summed E-state index contributed by atoms with van der Waals surface area (Å²) in [5.74, 6) is 1.88. The summed E-state index contributed by atoms with van der Waals surface area (Å²) >= 11 is 0. The monoisotopic (exact) mass is 724 g/mol. The number of fused-ring (bicyclic) bond motifs is 13. The van der Waals surface area contributed by atoms with Crippen LogP contribution >= 0.6 is 0 Å². The van der Waals surface area contributed by atoms with Crippen LogP contribution in [0.3, 0.4) is 0 Å². The van der Waals surface area contributed by atoms with E-state index in [1.165, 1.54) is 49.7 Å². The molecule has 0 aliphatic heterocycles. The Balaban J connectivity index is 1.08. The summed E-state index contributed by atoms with van der Waals surface area (Å²) in [6, 6.07) is 69.0. The normalized spacial score (nSPS) is 13.1. The Morgan fingerprint density at radius 1 is 0.298 bits per heavy atom. The van der Waals surface area contributed by atoms with Crippen LogP contribution in [0.1, 0.15) is 22.3 Å². The van der Waals surface area contributed by atoms with Gasteiger partial charge in [-0.3, -0.25) is 0 Å². The van der Waals surface area contributed by atoms with E-state index >= 15 is 0 Å². The number of nitrogens with zero attached hydrogens (tertiary/aromatic N) is 4. The molecule has 1 spiro atoms. The Morgan fingerprint density at radius 2 is 0.807 bits per heavy atom. The molecule has 0 bridgehead atoms. The zero-order valence-corrected chi connectivity index (χ0v) is 30.8. The highest BCUT2D eigenvalue weighted by Gasteiger charge is 2.53. The van der Waals surface area contributed by atoms with Crippen molar-refractivity contribution in [1.82, 2.24) is 19.9 Å². The van der Waals surface area contributed by atoms with Crippen molar-refractivity contribution >= 4 is 21.5 Å². The van der Waals surface area contributed by atoms with E-state index in [2.05, 4.69) is 164 Å². The van der Waals surface area contributed by atoms with Crippen molar-refractivity contribution in [1.29, 1.82) is 0 Å². The molecule has 2 aliphatic carbocycles. The summed E-state index contributed by atoms with van der Waals surface area (Å²) in [6.45, 7) is 0. The maximum atomic E-state index is 5.70. The Kier molecular flexibility index (Phi) is 6.81. The summed E-state index contributed by atoms with van der Waals surface area (Å²) in [4.78, 5) is 21.0. The van der Waals surface area contributed by atoms with Gasteiger partial charge >= 0.3 is 0 Å². The molecule has 12 rings (SSSR count). The lowest BCUT2D eigenvalue weighted by Gasteiger charge is -2.31. The lowest BCUT2D eigenvalue weighted by atomic mass is 9.69. The van der Waals surface area contributed by atoms with Gasteiger partial charge in [-0.1, -0.05) is 182 Å². The van der Waals surface area contributed by atoms with Crippen LogP contribution in [0.25, 0.3) is 89.4 Å². The van der Waals surface area contributed by atoms with Crippen molar-refractivity contribution in [3.05, 3.63) is 216 Å². The van der Waals surface area contributed by atoms with Crippen LogP contribution in [0.15, 0.2) is 194 Å². The van der Waals surface area contributed by atoms with Crippen molar-refractivity contribution < 1.29 is 0 Å². The van der Waals surface area contributed by atoms with Crippen LogP contribution < -0.4 is 0 Å². The van der Waals surface area contributed by atoms with Gasteiger partial charge in [-0.05, 0) is 56.1 Å². The highest BCUT2D eigenvalue weighted by atomic mass is 15.0. The number of pyridine rings is 1. The third-order valence-electron chi connectivity index (χ3n) is 11.9. The molecule has 0 unspecified atom stereocenters. The van der Waals surface area contributed by atoms with Crippen LogP contribution in [0.2, 0.25) is 0 Å². The lowest BCUT2D eigenvalue weighted by molar-refractivity contribution is 0.799. The fourth-order valence-electron chi connectivity index (χ4n) is 9.49. The van der Waals surface area contributed by atoms with Gasteiger partial charge < -0.3 is 0 Å². The first kappa shape index (κ1) is 31.8. The first-order chi connectivity index (χ1) is 28.3. The quantitative estimate of drug-likeness (QED) is 0.181. The van der Waals surface area contributed by atoms with Gasteiger partial charge in [-0.25, -0.2) is 19.9 Å². The van der Waals surface area contributed by atoms with Crippen LogP contribution in [-0.2, 0) is 5.41 Å². The minimum atomic E-state index is -0.482. The molecule has 0 saturated heterocycles. The molecule has 0 N–H and O–H groups in total. The van der Waals surface area contributed by atoms with Crippen LogP contribution in [0.5, 0.6) is 0 Å². The van der Waals surface area contributed by atoms with Gasteiger partial charge in [-0.15, -0.1) is 0 Å². The van der Waals surface area contributed by atoms with E-state index in [1.807, 2.05) is 30.3 Å². The lowest BCUT2D eigenvalue weighted by Crippen LogP contribution is -2.26. The molecule has 10 aromatic rings. The van der Waals surface area contributed by atoms with Gasteiger partial charge in [0.2, 0.25) is 0 Å². The van der Waals surface area contributed by atoms with E-state index in [0.717, 1.165) is 44.4 Å². The maximum Gasteiger partial charge on any atom is 0.164 e. The van der Waals surface area contributed by atoms with E-state index < -0.39 is 5.41 Å². The van der Waals surface area contributed by atoms with E-state index in [1.54, 1.807) is 0 Å². The summed E-state index contributed by atoms with van der Waals surface area (Å²) in [5.41, 5.74) is 14.2. The number of aromatic nitrogens is 4. The molecule has 2 aliphatic rings. The Labute approximate surface area is 329 Å². The van der Waals surface area contributed by atoms with Gasteiger partial charge in [0, 0.05) is 38.8 Å². The third-order valence-corrected chi connectivity index (χ3v) is 11.9. The van der Waals surface area contributed by atoms with E-state index in [-0.39, 0.29) is 0 Å². The minimum Gasteiger partial charge on any atom is -0.247 e. The molecule has 0 fully saturated rings. The molecule has 0 amide bonds. The molecular formula is C53H32N4. The average molecular weight is 725 g/mol. The second-order valence-electron chi connectivity index (χ2n) is 14.9. The predicted molar refractivity (Wildman–Crippen MR) is 231 cm³/mol. The number of benzene rings is 8. The molecule has 0 radical (unpaired) electrons. The molecule has 57 heavy (non-hydrogen) atoms. The minimum absolute atomic E-state index is 0.482. The van der Waals surface area contributed by atoms with Crippen LogP contribution in [0, 0.1) is 0 Å². The fraction of sp³-hybridized carbons (Fsp3) is 0.0189. The zero-order valence-electron chi connectivity index (χ0n) is 30.8. The predicted octanol–water partition coefficient (Wildman–Crippen LogP) is 12.6. The SMILES string of the molecule is c1ccc(-c2nc(-c3cccc(-c4nc5c(c6ccccc46)C4(c6ccccc6-c6ccccc64)c4ccccc4-5)c3)nc(-c3ccc4ccccc4c3)n2)cc1. The number of hydrogen-bond acceptors (Lipinski definition) is 4. The first-order valence-corrected chi connectivity index (χ1v) is 19.4. The Morgan fingerprint density at radius 3 is 1.53 bits per heavy atom. The molecule has 0 atom stereocenters. The number of hydrogen-bond donors (Lipinski definition) is 0. The summed E-state index contributed by atoms with van der Waals surface area (Å²) in [5, 5.41) is 4.63. The Hall–Kier alpha value is -7.56. The Bertz CT molecular complexity index is 3210. The topological polar surface area (TPSA) is 51.6 Å². The number of rotatable bonds is 4. The van der Waals surface area contributed by atoms with Crippen molar-refractivity contribution in [3.8, 4) is 67.8 Å². The van der Waals surface area contributed by atoms with Crippen molar-refractivity contribution in [2.75, 3.05) is 0 Å². The third kappa shape index (κ3) is 4.62. The van der Waals surface area contributed by atoms with E-state index in [9.17, 15) is 0 Å². The summed E-state index contributed by atoms with van der Waals surface area (Å²) in [6.07, 6.45) is 0. The van der Waals surface area contributed by atoms with Crippen LogP contribution in [0.4, 0.5) is 0 Å². The molecule has 2 heterocycles. The largest absolute Gasteiger partial charge is 0.247 e. The van der Waals surface area contributed by atoms with Crippen molar-refractivity contribution in [3.63, 3.8) is 0 Å². The van der Waals surface area contributed by atoms with Crippen LogP contribution in [-0.4, -0.2) is 19.9 Å². The van der Waals surface area contributed by atoms with E-state index in [0.29, 0.717) is 17.5 Å². The van der Waals surface area contributed by atoms with Gasteiger partial charge in [0.1, 0.15) is 0 Å². The smallest absolute Gasteiger partial charge is 0.164 e. The van der Waals surface area contributed by atoms with Crippen molar-refractivity contribution in [2.24, 2.45) is 0 Å². The second-order valence-corrected chi connectivity index (χ2v) is 14.9. The zero-order chi connectivity index (χ0) is 37.5. The molecular weight excluding hydrogens is 693 g/mol. The van der Waals surface area contributed by atoms with Gasteiger partial charge in [0.25, 0.3) is 0 Å². The fourth-order valence-corrected chi connectivity index (χ4v) is 9.49. The molecule has 4 nitrogen and oxygen atoms in total. The molecule has 4 heteroatoms. The average Bonchev–Trinajstić information content (AvgIpc) is 3.76. The first-order valence-electron chi connectivity index (χ1n) is 19.4. The molecule has 2 aromatic heterocycles. The van der Waals surface area contributed by atoms with Crippen molar-refractivity contribution in [2.45, 2.75) is 5.41 Å². The highest BCUT2D eigenvalue weighted by molar-refractivity contribution is 6.07. The highest BCUT2D eigenvalue weighted by Crippen LogP contribution is 2.64. The van der Waals surface area contributed by atoms with Gasteiger partial charge in [0.05, 0.1) is 16.8 Å². The van der Waals surface area contributed by atoms with E-state index in [4.69, 9.17) is 19.9 Å². The molecule has 8 aromatic carbocycles. The summed E-state index contributed by atoms with van der Waals surface area (Å²) in [7, 11) is 0. The summed E-state index contributed by atoms with van der Waals surface area (Å²) < 4.78 is 0.